The molecule has 6 nitrogen and oxygen atoms in total. The van der Waals surface area contributed by atoms with Crippen LogP contribution >= 0.6 is 11.3 Å². The fraction of sp³-hybridized carbons (Fsp3) is 0. The molecule has 11 rings (SSSR count). The Hall–Kier alpha value is -8.23. The van der Waals surface area contributed by atoms with Crippen LogP contribution in [0.4, 0.5) is 0 Å². The second-order valence-electron chi connectivity index (χ2n) is 14.6. The Bertz CT molecular complexity index is 3400. The summed E-state index contributed by atoms with van der Waals surface area (Å²) in [5.74, 6) is 1.66. The molecule has 0 bridgehead atoms. The Balaban J connectivity index is 1.28. The summed E-state index contributed by atoms with van der Waals surface area (Å²) in [5, 5.41) is 24.5. The molecule has 0 N–H and O–H groups in total. The Morgan fingerprint density at radius 2 is 0.917 bits per heavy atom. The van der Waals surface area contributed by atoms with Crippen molar-refractivity contribution in [3.05, 3.63) is 193 Å². The first-order valence-corrected chi connectivity index (χ1v) is 20.4. The third-order valence-corrected chi connectivity index (χ3v) is 12.3. The van der Waals surface area contributed by atoms with E-state index in [1.807, 2.05) is 121 Å². The zero-order chi connectivity index (χ0) is 40.2. The second-order valence-corrected chi connectivity index (χ2v) is 15.7. The minimum absolute atomic E-state index is 0.522. The van der Waals surface area contributed by atoms with Crippen LogP contribution in [0.15, 0.2) is 182 Å². The summed E-state index contributed by atoms with van der Waals surface area (Å²) < 4.78 is 4.88. The lowest BCUT2D eigenvalue weighted by atomic mass is 9.91. The van der Waals surface area contributed by atoms with E-state index in [1.165, 1.54) is 25.6 Å². The van der Waals surface area contributed by atoms with Crippen molar-refractivity contribution in [2.75, 3.05) is 0 Å². The summed E-state index contributed by atoms with van der Waals surface area (Å²) in [6, 6.07) is 66.1. The zero-order valence-corrected chi connectivity index (χ0v) is 32.7. The normalized spacial score (nSPS) is 11.3. The quantitative estimate of drug-likeness (QED) is 0.167. The van der Waals surface area contributed by atoms with Gasteiger partial charge in [-0.1, -0.05) is 127 Å². The Morgan fingerprint density at radius 3 is 1.48 bits per heavy atom. The summed E-state index contributed by atoms with van der Waals surface area (Å²) in [4.78, 5) is 15.3. The summed E-state index contributed by atoms with van der Waals surface area (Å²) >= 11 is 1.83. The average molecular weight is 783 g/mol. The van der Waals surface area contributed by atoms with Crippen LogP contribution < -0.4 is 0 Å². The molecular formula is C53H30N6S. The van der Waals surface area contributed by atoms with Crippen LogP contribution in [0.3, 0.4) is 0 Å². The molecule has 0 aliphatic rings. The van der Waals surface area contributed by atoms with Crippen molar-refractivity contribution < 1.29 is 0 Å². The van der Waals surface area contributed by atoms with Gasteiger partial charge < -0.3 is 4.57 Å². The second kappa shape index (κ2) is 14.3. The van der Waals surface area contributed by atoms with E-state index < -0.39 is 0 Å². The predicted molar refractivity (Wildman–Crippen MR) is 244 cm³/mol. The molecule has 3 heterocycles. The van der Waals surface area contributed by atoms with E-state index in [0.717, 1.165) is 61.1 Å². The molecule has 0 radical (unpaired) electrons. The third-order valence-electron chi connectivity index (χ3n) is 11.1. The molecule has 0 unspecified atom stereocenters. The number of rotatable bonds is 6. The fourth-order valence-corrected chi connectivity index (χ4v) is 9.57. The lowest BCUT2D eigenvalue weighted by Gasteiger charge is -2.21. The Labute approximate surface area is 349 Å². The monoisotopic (exact) mass is 782 g/mol. The summed E-state index contributed by atoms with van der Waals surface area (Å²) in [5.41, 5.74) is 10.5. The highest BCUT2D eigenvalue weighted by molar-refractivity contribution is 7.26. The molecule has 11 aromatic rings. The van der Waals surface area contributed by atoms with Gasteiger partial charge in [0.15, 0.2) is 17.5 Å². The maximum atomic E-state index is 9.85. The van der Waals surface area contributed by atoms with Crippen molar-refractivity contribution in [3.8, 4) is 74.2 Å². The number of hydrogen-bond acceptors (Lipinski definition) is 6. The largest absolute Gasteiger partial charge is 0.308 e. The molecule has 8 aromatic carbocycles. The molecule has 0 fully saturated rings. The molecule has 0 saturated heterocycles. The lowest BCUT2D eigenvalue weighted by molar-refractivity contribution is 1.07. The van der Waals surface area contributed by atoms with Crippen molar-refractivity contribution in [2.24, 2.45) is 0 Å². The predicted octanol–water partition coefficient (Wildman–Crippen LogP) is 13.4. The van der Waals surface area contributed by atoms with Gasteiger partial charge in [-0.05, 0) is 65.7 Å². The van der Waals surface area contributed by atoms with E-state index in [0.29, 0.717) is 28.6 Å². The number of aromatic nitrogens is 4. The maximum Gasteiger partial charge on any atom is 0.164 e. The molecular weight excluding hydrogens is 753 g/mol. The van der Waals surface area contributed by atoms with Gasteiger partial charge in [-0.2, -0.15) is 10.5 Å². The van der Waals surface area contributed by atoms with E-state index >= 15 is 0 Å². The first kappa shape index (κ1) is 35.0. The molecule has 0 amide bonds. The molecule has 0 spiro atoms. The smallest absolute Gasteiger partial charge is 0.164 e. The number of benzene rings is 8. The van der Waals surface area contributed by atoms with Crippen LogP contribution in [-0.4, -0.2) is 19.5 Å². The van der Waals surface area contributed by atoms with Gasteiger partial charge in [0.1, 0.15) is 0 Å². The van der Waals surface area contributed by atoms with Crippen molar-refractivity contribution in [3.63, 3.8) is 0 Å². The number of hydrogen-bond donors (Lipinski definition) is 0. The van der Waals surface area contributed by atoms with Gasteiger partial charge in [0.05, 0.1) is 40.0 Å². The highest BCUT2D eigenvalue weighted by Crippen LogP contribution is 2.47. The van der Waals surface area contributed by atoms with Gasteiger partial charge >= 0.3 is 0 Å². The van der Waals surface area contributed by atoms with E-state index in [1.54, 1.807) is 0 Å². The van der Waals surface area contributed by atoms with E-state index in [4.69, 9.17) is 15.0 Å². The first-order valence-electron chi connectivity index (χ1n) is 19.6. The first-order chi connectivity index (χ1) is 29.6. The van der Waals surface area contributed by atoms with Gasteiger partial charge in [0, 0.05) is 58.8 Å². The lowest BCUT2D eigenvalue weighted by Crippen LogP contribution is -2.04. The van der Waals surface area contributed by atoms with Gasteiger partial charge in [-0.15, -0.1) is 11.3 Å². The summed E-state index contributed by atoms with van der Waals surface area (Å²) in [6.07, 6.45) is 0. The van der Waals surface area contributed by atoms with Gasteiger partial charge in [0.25, 0.3) is 0 Å². The molecule has 3 aromatic heterocycles. The molecule has 0 saturated carbocycles. The highest BCUT2D eigenvalue weighted by atomic mass is 32.1. The zero-order valence-electron chi connectivity index (χ0n) is 31.9. The Morgan fingerprint density at radius 1 is 0.417 bits per heavy atom. The van der Waals surface area contributed by atoms with Crippen molar-refractivity contribution in [2.45, 2.75) is 0 Å². The van der Waals surface area contributed by atoms with Gasteiger partial charge in [-0.25, -0.2) is 15.0 Å². The van der Waals surface area contributed by atoms with Crippen LogP contribution in [0.5, 0.6) is 0 Å². The van der Waals surface area contributed by atoms with Crippen LogP contribution in [0.25, 0.3) is 104 Å². The number of para-hydroxylation sites is 1. The molecule has 0 aliphatic heterocycles. The average Bonchev–Trinajstić information content (AvgIpc) is 3.87. The molecule has 7 heteroatoms. The van der Waals surface area contributed by atoms with Crippen LogP contribution in [-0.2, 0) is 0 Å². The van der Waals surface area contributed by atoms with Crippen LogP contribution in [0.1, 0.15) is 11.1 Å². The van der Waals surface area contributed by atoms with Gasteiger partial charge in [0.2, 0.25) is 0 Å². The minimum Gasteiger partial charge on any atom is -0.308 e. The van der Waals surface area contributed by atoms with E-state index in [-0.39, 0.29) is 0 Å². The molecule has 0 atom stereocenters. The minimum atomic E-state index is 0.522. The molecule has 278 valence electrons. The topological polar surface area (TPSA) is 91.2 Å². The Kier molecular flexibility index (Phi) is 8.34. The van der Waals surface area contributed by atoms with Crippen molar-refractivity contribution >= 4 is 53.3 Å². The van der Waals surface area contributed by atoms with E-state index in [9.17, 15) is 10.5 Å². The molecule has 0 aliphatic carbocycles. The third kappa shape index (κ3) is 5.81. The highest BCUT2D eigenvalue weighted by Gasteiger charge is 2.24. The standard InChI is InChI=1S/C53H30N6S/c54-31-33-19-23-35(24-20-33)43-29-39(53-57-51(37-11-3-1-4-12-37)56-52(58-53)38-13-5-2-6-14-38)30-44(36-25-21-34(32-55)22-26-36)49(43)59-45-17-9-7-16-42(45)48-46(59)28-27-41-40-15-8-10-18-47(40)60-50(41)48/h1-30H. The summed E-state index contributed by atoms with van der Waals surface area (Å²) in [7, 11) is 0. The van der Waals surface area contributed by atoms with Crippen molar-refractivity contribution in [1.82, 2.24) is 19.5 Å². The van der Waals surface area contributed by atoms with E-state index in [2.05, 4.69) is 89.5 Å². The summed E-state index contributed by atoms with van der Waals surface area (Å²) in [6.45, 7) is 0. The maximum absolute atomic E-state index is 9.85. The molecule has 60 heavy (non-hydrogen) atoms. The SMILES string of the molecule is N#Cc1ccc(-c2cc(-c3nc(-c4ccccc4)nc(-c4ccccc4)n3)cc(-c3ccc(C#N)cc3)c2-n2c3ccccc3c3c4sc5ccccc5c4ccc32)cc1. The number of nitrogens with zero attached hydrogens (tertiary/aromatic N) is 6. The van der Waals surface area contributed by atoms with Crippen LogP contribution in [0, 0.1) is 22.7 Å². The van der Waals surface area contributed by atoms with Crippen LogP contribution in [0.2, 0.25) is 0 Å². The number of fused-ring (bicyclic) bond motifs is 7. The van der Waals surface area contributed by atoms with Crippen molar-refractivity contribution in [1.29, 1.82) is 10.5 Å². The number of thiophene rings is 1. The fourth-order valence-electron chi connectivity index (χ4n) is 8.31. The van der Waals surface area contributed by atoms with Gasteiger partial charge in [-0.3, -0.25) is 0 Å². The number of nitriles is 2.